The van der Waals surface area contributed by atoms with Crippen molar-refractivity contribution in [3.05, 3.63) is 0 Å². The summed E-state index contributed by atoms with van der Waals surface area (Å²) in [6.45, 7) is 13.8. The van der Waals surface area contributed by atoms with E-state index in [9.17, 15) is 19.2 Å². The van der Waals surface area contributed by atoms with Crippen molar-refractivity contribution in [2.45, 2.75) is 0 Å². The van der Waals surface area contributed by atoms with E-state index in [1.807, 2.05) is 0 Å². The normalized spacial score (nSPS) is 19.7. The van der Waals surface area contributed by atoms with Gasteiger partial charge in [-0.05, 0) is 11.6 Å². The molecule has 0 unspecified atom stereocenters. The molecule has 0 atom stereocenters. The highest BCUT2D eigenvalue weighted by molar-refractivity contribution is 6.67. The first-order valence-corrected chi connectivity index (χ1v) is 20.2. The zero-order valence-corrected chi connectivity index (χ0v) is 34.4. The van der Waals surface area contributed by atoms with E-state index < -0.39 is 5.24 Å². The smallest absolute Gasteiger partial charge is 0.237 e. The Morgan fingerprint density at radius 1 is 0.377 bits per heavy atom. The zero-order valence-electron chi connectivity index (χ0n) is 30.6. The highest BCUT2D eigenvalue weighted by atomic mass is 35.5. The number of carbonyl (C=O) groups is 4. The second-order valence-electron chi connectivity index (χ2n) is 11.0. The fourth-order valence-electron chi connectivity index (χ4n) is 4.24. The van der Waals surface area contributed by atoms with E-state index >= 15 is 0 Å². The van der Waals surface area contributed by atoms with Crippen molar-refractivity contribution in [3.8, 4) is 0 Å². The van der Waals surface area contributed by atoms with E-state index in [0.29, 0.717) is 78.9 Å². The molecule has 53 heavy (non-hydrogen) atoms. The molecule has 0 spiro atoms. The Labute approximate surface area is 339 Å². The second-order valence-corrected chi connectivity index (χ2v) is 12.4. The van der Waals surface area contributed by atoms with Gasteiger partial charge in [-0.2, -0.15) is 0 Å². The number of ether oxygens (including phenoxy) is 6. The van der Waals surface area contributed by atoms with E-state index in [0.717, 1.165) is 78.9 Å². The van der Waals surface area contributed by atoms with Gasteiger partial charge >= 0.3 is 0 Å². The molecule has 3 amide bonds. The fourth-order valence-corrected chi connectivity index (χ4v) is 4.75. The number of amides is 3. The van der Waals surface area contributed by atoms with E-state index in [1.54, 1.807) is 14.7 Å². The molecule has 0 aromatic heterocycles. The Balaban J connectivity index is 0.000000989. The van der Waals surface area contributed by atoms with Gasteiger partial charge in [-0.1, -0.05) is 0 Å². The van der Waals surface area contributed by atoms with Crippen LogP contribution >= 0.6 is 58.0 Å². The molecule has 2 saturated heterocycles. The lowest BCUT2D eigenvalue weighted by atomic mass is 10.4. The fraction of sp³-hybridized carbons (Fsp3) is 0.875. The van der Waals surface area contributed by atoms with Crippen molar-refractivity contribution in [2.24, 2.45) is 0 Å². The number of nitrogens with one attached hydrogen (secondary N) is 3. The SMILES string of the molecule is C1COCCNCCOCCNCCOCCN1.O=C(CCl)N1CCOCCN(C(=O)CCl)CCOCCN(C(=O)CCl)CCOCC1.O=C(Cl)CCl. The summed E-state index contributed by atoms with van der Waals surface area (Å²) in [5, 5.41) is 9.33. The maximum atomic E-state index is 12.0. The number of hydrogen-bond donors (Lipinski definition) is 3. The van der Waals surface area contributed by atoms with Gasteiger partial charge in [0.05, 0.1) is 85.2 Å². The van der Waals surface area contributed by atoms with Crippen LogP contribution in [0, 0.1) is 0 Å². The molecule has 2 rings (SSSR count). The van der Waals surface area contributed by atoms with Crippen LogP contribution in [-0.4, -0.2) is 219 Å². The summed E-state index contributed by atoms with van der Waals surface area (Å²) in [6.07, 6.45) is 0. The number of halogens is 5. The molecule has 2 fully saturated rings. The molecule has 0 radical (unpaired) electrons. The van der Waals surface area contributed by atoms with Crippen LogP contribution in [0.5, 0.6) is 0 Å². The van der Waals surface area contributed by atoms with Gasteiger partial charge in [-0.25, -0.2) is 0 Å². The zero-order chi connectivity index (χ0) is 39.2. The molecule has 21 heteroatoms. The van der Waals surface area contributed by atoms with Crippen molar-refractivity contribution in [3.63, 3.8) is 0 Å². The topological polar surface area (TPSA) is 169 Å². The molecular formula is C32H59Cl5N6O10. The first kappa shape index (κ1) is 52.2. The summed E-state index contributed by atoms with van der Waals surface area (Å²) >= 11 is 26.6. The monoisotopic (exact) mass is 862 g/mol. The van der Waals surface area contributed by atoms with Crippen molar-refractivity contribution in [1.29, 1.82) is 0 Å². The first-order valence-electron chi connectivity index (χ1n) is 17.6. The van der Waals surface area contributed by atoms with E-state index in [1.165, 1.54) is 0 Å². The van der Waals surface area contributed by atoms with Gasteiger partial charge in [0.25, 0.3) is 0 Å². The van der Waals surface area contributed by atoms with Crippen molar-refractivity contribution in [2.75, 3.05) is 181 Å². The predicted octanol–water partition coefficient (Wildman–Crippen LogP) is 0.0612. The van der Waals surface area contributed by atoms with Crippen LogP contribution in [0.2, 0.25) is 0 Å². The Bertz CT molecular complexity index is 761. The number of nitrogens with zero attached hydrogens (tertiary/aromatic N) is 3. The lowest BCUT2D eigenvalue weighted by molar-refractivity contribution is -0.131. The Hall–Kier alpha value is -0.830. The number of rotatable bonds is 4. The molecule has 0 aromatic carbocycles. The standard InChI is InChI=1S/C18H30Cl3N3O6.C12H27N3O3.C2H2Cl2O/c19-13-16(25)22-1-7-28-9-3-23(17(26)14-20)5-11-30-12-6-24(18(27)15-21)4-10-29-8-2-22;1-7-16-9-3-14-5-11-18-12-6-15-4-10-17-8-2-13-1;3-1-2(4)5/h1-15H2;13-15H,1-12H2;1H2. The largest absolute Gasteiger partial charge is 0.379 e. The maximum Gasteiger partial charge on any atom is 0.237 e. The maximum absolute atomic E-state index is 12.0. The predicted molar refractivity (Wildman–Crippen MR) is 207 cm³/mol. The Morgan fingerprint density at radius 3 is 0.736 bits per heavy atom. The van der Waals surface area contributed by atoms with E-state index in [-0.39, 0.29) is 41.2 Å². The number of hydrogen-bond acceptors (Lipinski definition) is 13. The van der Waals surface area contributed by atoms with Gasteiger partial charge in [0.15, 0.2) is 0 Å². The molecule has 0 bridgehead atoms. The number of alkyl halides is 4. The van der Waals surface area contributed by atoms with Gasteiger partial charge in [0.1, 0.15) is 17.6 Å². The summed E-state index contributed by atoms with van der Waals surface area (Å²) in [5.74, 6) is -1.13. The average Bonchev–Trinajstić information content (AvgIpc) is 3.17. The van der Waals surface area contributed by atoms with Crippen LogP contribution in [0.3, 0.4) is 0 Å². The lowest BCUT2D eigenvalue weighted by Crippen LogP contribution is -2.41. The van der Waals surface area contributed by atoms with Crippen molar-refractivity contribution in [1.82, 2.24) is 30.7 Å². The molecule has 2 heterocycles. The molecule has 312 valence electrons. The second kappa shape index (κ2) is 39.4. The van der Waals surface area contributed by atoms with Gasteiger partial charge in [0.2, 0.25) is 23.0 Å². The van der Waals surface area contributed by atoms with E-state index in [4.69, 9.17) is 86.4 Å². The van der Waals surface area contributed by atoms with Gasteiger partial charge in [-0.15, -0.1) is 46.4 Å². The molecule has 0 aromatic rings. The summed E-state index contributed by atoms with van der Waals surface area (Å²) < 4.78 is 33.1. The molecular weight excluding hydrogens is 806 g/mol. The van der Waals surface area contributed by atoms with Crippen molar-refractivity contribution < 1.29 is 47.6 Å². The molecule has 3 N–H and O–H groups in total. The van der Waals surface area contributed by atoms with Crippen LogP contribution in [0.25, 0.3) is 0 Å². The third kappa shape index (κ3) is 33.1. The minimum absolute atomic E-state index is 0.0957. The lowest BCUT2D eigenvalue weighted by Gasteiger charge is -2.25. The van der Waals surface area contributed by atoms with Crippen LogP contribution in [0.1, 0.15) is 0 Å². The summed E-state index contributed by atoms with van der Waals surface area (Å²) in [6, 6.07) is 0. The minimum Gasteiger partial charge on any atom is -0.379 e. The molecule has 2 aliphatic heterocycles. The Kier molecular flexibility index (Phi) is 38.8. The van der Waals surface area contributed by atoms with E-state index in [2.05, 4.69) is 16.0 Å². The van der Waals surface area contributed by atoms with Crippen molar-refractivity contribution >= 4 is 81.0 Å². The van der Waals surface area contributed by atoms with Crippen LogP contribution in [0.15, 0.2) is 0 Å². The Morgan fingerprint density at radius 2 is 0.566 bits per heavy atom. The first-order chi connectivity index (χ1) is 25.8. The highest BCUT2D eigenvalue weighted by Crippen LogP contribution is 1.99. The average molecular weight is 865 g/mol. The summed E-state index contributed by atoms with van der Waals surface area (Å²) in [5.41, 5.74) is 0. The molecule has 16 nitrogen and oxygen atoms in total. The molecule has 2 aliphatic rings. The van der Waals surface area contributed by atoms with Crippen LogP contribution < -0.4 is 16.0 Å². The summed E-state index contributed by atoms with van der Waals surface area (Å²) in [4.78, 5) is 50.1. The number of carbonyl (C=O) groups excluding carboxylic acids is 4. The summed E-state index contributed by atoms with van der Waals surface area (Å²) in [7, 11) is 0. The minimum atomic E-state index is -0.508. The molecule has 0 saturated carbocycles. The van der Waals surface area contributed by atoms with Crippen LogP contribution in [0.4, 0.5) is 0 Å². The van der Waals surface area contributed by atoms with Crippen LogP contribution in [-0.2, 0) is 47.6 Å². The highest BCUT2D eigenvalue weighted by Gasteiger charge is 2.16. The van der Waals surface area contributed by atoms with Gasteiger partial charge in [0, 0.05) is 78.5 Å². The third-order valence-electron chi connectivity index (χ3n) is 7.08. The van der Waals surface area contributed by atoms with Gasteiger partial charge < -0.3 is 59.1 Å². The molecule has 0 aliphatic carbocycles. The van der Waals surface area contributed by atoms with Gasteiger partial charge in [-0.3, -0.25) is 19.2 Å². The quantitative estimate of drug-likeness (QED) is 0.257. The third-order valence-corrected chi connectivity index (χ3v) is 8.28.